The summed E-state index contributed by atoms with van der Waals surface area (Å²) in [5.41, 5.74) is 1.27. The van der Waals surface area contributed by atoms with Crippen molar-refractivity contribution in [3.05, 3.63) is 71.6 Å². The number of benzene rings is 1. The second-order valence-corrected chi connectivity index (χ2v) is 5.36. The largest absolute Gasteiger partial charge is 0.485 e. The number of rotatable bonds is 7. The van der Waals surface area contributed by atoms with Crippen LogP contribution in [0.4, 0.5) is 0 Å². The molecule has 0 unspecified atom stereocenters. The van der Waals surface area contributed by atoms with Gasteiger partial charge in [-0.2, -0.15) is 4.98 Å². The van der Waals surface area contributed by atoms with Gasteiger partial charge in [-0.15, -0.1) is 0 Å². The van der Waals surface area contributed by atoms with Crippen LogP contribution in [0.15, 0.2) is 53.3 Å². The molecule has 0 atom stereocenters. The zero-order chi connectivity index (χ0) is 19.1. The Morgan fingerprint density at radius 3 is 2.70 bits per heavy atom. The second-order valence-electron chi connectivity index (χ2n) is 5.36. The maximum atomic E-state index is 12.0. The fourth-order valence-corrected chi connectivity index (χ4v) is 2.12. The van der Waals surface area contributed by atoms with Crippen molar-refractivity contribution in [1.82, 2.24) is 20.4 Å². The van der Waals surface area contributed by atoms with Gasteiger partial charge >= 0.3 is 17.8 Å². The Kier molecular flexibility index (Phi) is 5.73. The van der Waals surface area contributed by atoms with Crippen molar-refractivity contribution in [3.63, 3.8) is 0 Å². The summed E-state index contributed by atoms with van der Waals surface area (Å²) in [7, 11) is 1.31. The van der Waals surface area contributed by atoms with Crippen LogP contribution in [0.25, 0.3) is 0 Å². The molecule has 9 nitrogen and oxygen atoms in total. The highest BCUT2D eigenvalue weighted by Gasteiger charge is 2.15. The van der Waals surface area contributed by atoms with Gasteiger partial charge in [-0.05, 0) is 35.9 Å². The molecule has 9 heteroatoms. The monoisotopic (exact) mass is 368 g/mol. The van der Waals surface area contributed by atoms with E-state index in [1.165, 1.54) is 7.11 Å². The Balaban J connectivity index is 1.51. The zero-order valence-electron chi connectivity index (χ0n) is 14.4. The Labute approximate surface area is 154 Å². The van der Waals surface area contributed by atoms with Crippen LogP contribution in [0.1, 0.15) is 32.4 Å². The lowest BCUT2D eigenvalue weighted by Gasteiger charge is -2.04. The maximum Gasteiger partial charge on any atom is 0.337 e. The molecule has 138 valence electrons. The predicted octanol–water partition coefficient (Wildman–Crippen LogP) is 1.76. The van der Waals surface area contributed by atoms with E-state index in [-0.39, 0.29) is 18.3 Å². The number of methoxy groups -OCH3 is 1. The normalized spacial score (nSPS) is 10.3. The van der Waals surface area contributed by atoms with Crippen LogP contribution < -0.4 is 10.1 Å². The molecule has 2 heterocycles. The minimum Gasteiger partial charge on any atom is -0.485 e. The Morgan fingerprint density at radius 2 is 2.00 bits per heavy atom. The molecule has 0 aliphatic heterocycles. The molecule has 1 N–H and O–H groups in total. The first kappa shape index (κ1) is 18.1. The molecule has 1 aromatic carbocycles. The van der Waals surface area contributed by atoms with E-state index in [0.717, 1.165) is 5.56 Å². The van der Waals surface area contributed by atoms with Gasteiger partial charge < -0.3 is 19.3 Å². The topological polar surface area (TPSA) is 116 Å². The molecular weight excluding hydrogens is 352 g/mol. The zero-order valence-corrected chi connectivity index (χ0v) is 14.4. The molecule has 0 aliphatic rings. The van der Waals surface area contributed by atoms with E-state index in [1.54, 1.807) is 42.7 Å². The van der Waals surface area contributed by atoms with Crippen molar-refractivity contribution >= 4 is 11.9 Å². The first-order valence-corrected chi connectivity index (χ1v) is 7.96. The van der Waals surface area contributed by atoms with Gasteiger partial charge in [-0.3, -0.25) is 9.78 Å². The smallest absolute Gasteiger partial charge is 0.337 e. The number of aromatic nitrogens is 3. The highest BCUT2D eigenvalue weighted by molar-refractivity contribution is 5.89. The third kappa shape index (κ3) is 4.88. The Bertz CT molecular complexity index is 909. The number of hydrogen-bond donors (Lipinski definition) is 1. The fraction of sp³-hybridized carbons (Fsp3) is 0.167. The third-order valence-corrected chi connectivity index (χ3v) is 3.48. The Morgan fingerprint density at radius 1 is 1.19 bits per heavy atom. The first-order valence-electron chi connectivity index (χ1n) is 7.96. The minimum atomic E-state index is -0.486. The number of pyridine rings is 1. The van der Waals surface area contributed by atoms with E-state index in [9.17, 15) is 9.59 Å². The summed E-state index contributed by atoms with van der Waals surface area (Å²) >= 11 is 0. The van der Waals surface area contributed by atoms with E-state index in [1.807, 2.05) is 6.07 Å². The van der Waals surface area contributed by atoms with Crippen molar-refractivity contribution < 1.29 is 23.6 Å². The van der Waals surface area contributed by atoms with Gasteiger partial charge in [0.25, 0.3) is 0 Å². The number of nitrogens with zero attached hydrogens (tertiary/aromatic N) is 3. The lowest BCUT2D eigenvalue weighted by atomic mass is 10.2. The molecule has 27 heavy (non-hydrogen) atoms. The molecule has 0 saturated carbocycles. The fourth-order valence-electron chi connectivity index (χ4n) is 2.12. The number of amides is 1. The molecule has 0 saturated heterocycles. The minimum absolute atomic E-state index is 0.0109. The number of ether oxygens (including phenoxy) is 2. The summed E-state index contributed by atoms with van der Waals surface area (Å²) < 4.78 is 15.1. The highest BCUT2D eigenvalue weighted by atomic mass is 16.5. The first-order chi connectivity index (χ1) is 13.2. The molecule has 0 radical (unpaired) electrons. The van der Waals surface area contributed by atoms with Crippen LogP contribution in [0.5, 0.6) is 5.75 Å². The van der Waals surface area contributed by atoms with Gasteiger partial charge in [-0.25, -0.2) is 4.79 Å². The van der Waals surface area contributed by atoms with Gasteiger partial charge in [0.05, 0.1) is 12.7 Å². The SMILES string of the molecule is COC(=O)c1ccc(OCc2noc(C(=O)NCc3cccnc3)n2)cc1. The van der Waals surface area contributed by atoms with Gasteiger partial charge in [0.1, 0.15) is 5.75 Å². The van der Waals surface area contributed by atoms with Gasteiger partial charge in [0, 0.05) is 18.9 Å². The molecule has 0 bridgehead atoms. The summed E-state index contributed by atoms with van der Waals surface area (Å²) in [4.78, 5) is 31.4. The summed E-state index contributed by atoms with van der Waals surface area (Å²) in [6.45, 7) is 0.310. The van der Waals surface area contributed by atoms with Gasteiger partial charge in [-0.1, -0.05) is 11.2 Å². The maximum absolute atomic E-state index is 12.0. The van der Waals surface area contributed by atoms with Crippen molar-refractivity contribution in [2.75, 3.05) is 7.11 Å². The van der Waals surface area contributed by atoms with E-state index >= 15 is 0 Å². The van der Waals surface area contributed by atoms with Crippen LogP contribution >= 0.6 is 0 Å². The predicted molar refractivity (Wildman–Crippen MR) is 91.8 cm³/mol. The molecular formula is C18H16N4O5. The number of esters is 1. The number of nitrogens with one attached hydrogen (secondary N) is 1. The van der Waals surface area contributed by atoms with Crippen molar-refractivity contribution in [3.8, 4) is 5.75 Å². The molecule has 3 aromatic rings. The van der Waals surface area contributed by atoms with Crippen LogP contribution in [-0.2, 0) is 17.9 Å². The van der Waals surface area contributed by atoms with E-state index < -0.39 is 11.9 Å². The van der Waals surface area contributed by atoms with Crippen molar-refractivity contribution in [2.45, 2.75) is 13.2 Å². The number of carbonyl (C=O) groups is 2. The number of carbonyl (C=O) groups excluding carboxylic acids is 2. The lowest BCUT2D eigenvalue weighted by molar-refractivity contribution is 0.0600. The summed E-state index contributed by atoms with van der Waals surface area (Å²) in [5.74, 6) is -0.339. The lowest BCUT2D eigenvalue weighted by Crippen LogP contribution is -2.23. The average Bonchev–Trinajstić information content (AvgIpc) is 3.20. The molecule has 0 fully saturated rings. The third-order valence-electron chi connectivity index (χ3n) is 3.48. The van der Waals surface area contributed by atoms with Crippen LogP contribution in [0.2, 0.25) is 0 Å². The molecule has 0 aliphatic carbocycles. The quantitative estimate of drug-likeness (QED) is 0.627. The van der Waals surface area contributed by atoms with E-state index in [2.05, 4.69) is 25.2 Å². The summed E-state index contributed by atoms with van der Waals surface area (Å²) in [6.07, 6.45) is 3.30. The Hall–Kier alpha value is -3.75. The van der Waals surface area contributed by atoms with Crippen LogP contribution in [0, 0.1) is 0 Å². The summed E-state index contributed by atoms with van der Waals surface area (Å²) in [5, 5.41) is 6.37. The summed E-state index contributed by atoms with van der Waals surface area (Å²) in [6, 6.07) is 10.0. The van der Waals surface area contributed by atoms with Gasteiger partial charge in [0.2, 0.25) is 5.82 Å². The average molecular weight is 368 g/mol. The van der Waals surface area contributed by atoms with Crippen molar-refractivity contribution in [1.29, 1.82) is 0 Å². The highest BCUT2D eigenvalue weighted by Crippen LogP contribution is 2.14. The van der Waals surface area contributed by atoms with Crippen LogP contribution in [-0.4, -0.2) is 34.1 Å². The van der Waals surface area contributed by atoms with Gasteiger partial charge in [0.15, 0.2) is 6.61 Å². The second kappa shape index (κ2) is 8.56. The standard InChI is InChI=1S/C18H16N4O5/c1-25-18(24)13-4-6-14(7-5-13)26-11-15-21-17(27-22-15)16(23)20-10-12-3-2-8-19-9-12/h2-9H,10-11H2,1H3,(H,20,23). The number of hydrogen-bond acceptors (Lipinski definition) is 8. The van der Waals surface area contributed by atoms with E-state index in [0.29, 0.717) is 17.9 Å². The molecule has 1 amide bonds. The van der Waals surface area contributed by atoms with Crippen LogP contribution in [0.3, 0.4) is 0 Å². The molecule has 2 aromatic heterocycles. The molecule has 0 spiro atoms. The van der Waals surface area contributed by atoms with E-state index in [4.69, 9.17) is 9.26 Å². The van der Waals surface area contributed by atoms with Crippen molar-refractivity contribution in [2.24, 2.45) is 0 Å². The molecule has 3 rings (SSSR count).